The first-order valence-electron chi connectivity index (χ1n) is 6.85. The lowest BCUT2D eigenvalue weighted by molar-refractivity contribution is 0.511. The summed E-state index contributed by atoms with van der Waals surface area (Å²) >= 11 is 5.45. The Kier molecular flexibility index (Phi) is 2.54. The second kappa shape index (κ2) is 4.28. The van der Waals surface area contributed by atoms with Crippen LogP contribution in [0.25, 0.3) is 11.2 Å². The summed E-state index contributed by atoms with van der Waals surface area (Å²) in [7, 11) is 0. The molecule has 3 nitrogen and oxygen atoms in total. The van der Waals surface area contributed by atoms with E-state index in [1.54, 1.807) is 0 Å². The number of aromatic amines is 1. The molecule has 3 aromatic rings. The van der Waals surface area contributed by atoms with Gasteiger partial charge in [-0.1, -0.05) is 24.3 Å². The Bertz CT molecular complexity index is 860. The molecule has 1 N–H and O–H groups in total. The summed E-state index contributed by atoms with van der Waals surface area (Å²) in [6, 6.07) is 10.8. The van der Waals surface area contributed by atoms with Gasteiger partial charge in [-0.15, -0.1) is 0 Å². The Hall–Kier alpha value is -1.94. The monoisotopic (exact) mass is 281 g/mol. The van der Waals surface area contributed by atoms with Gasteiger partial charge in [0.05, 0.1) is 5.52 Å². The first kappa shape index (κ1) is 11.9. The molecule has 20 heavy (non-hydrogen) atoms. The minimum absolute atomic E-state index is 0.556. The van der Waals surface area contributed by atoms with Gasteiger partial charge in [-0.25, -0.2) is 4.98 Å². The van der Waals surface area contributed by atoms with Gasteiger partial charge in [-0.05, 0) is 48.3 Å². The molecule has 1 aliphatic rings. The van der Waals surface area contributed by atoms with Crippen LogP contribution in [0.4, 0.5) is 0 Å². The van der Waals surface area contributed by atoms with Crippen LogP contribution in [-0.4, -0.2) is 14.5 Å². The number of hydrogen-bond acceptors (Lipinski definition) is 2. The van der Waals surface area contributed by atoms with Crippen molar-refractivity contribution < 1.29 is 0 Å². The third kappa shape index (κ3) is 1.72. The number of fused-ring (bicyclic) bond motifs is 2. The second-order valence-corrected chi connectivity index (χ2v) is 5.91. The highest BCUT2D eigenvalue weighted by Crippen LogP contribution is 2.36. The predicted octanol–water partition coefficient (Wildman–Crippen LogP) is 3.74. The van der Waals surface area contributed by atoms with E-state index in [1.807, 2.05) is 13.1 Å². The third-order valence-electron chi connectivity index (χ3n) is 4.11. The maximum Gasteiger partial charge on any atom is 0.179 e. The van der Waals surface area contributed by atoms with E-state index in [0.717, 1.165) is 34.5 Å². The molecule has 1 aromatic carbocycles. The number of imidazole rings is 1. The predicted molar refractivity (Wildman–Crippen MR) is 82.5 cm³/mol. The molecule has 0 bridgehead atoms. The third-order valence-corrected chi connectivity index (χ3v) is 4.43. The van der Waals surface area contributed by atoms with Gasteiger partial charge in [0.2, 0.25) is 0 Å². The molecule has 1 atom stereocenters. The molecule has 0 radical (unpaired) electrons. The quantitative estimate of drug-likeness (QED) is 0.726. The van der Waals surface area contributed by atoms with Crippen LogP contribution in [0.5, 0.6) is 0 Å². The van der Waals surface area contributed by atoms with Crippen LogP contribution in [0.3, 0.4) is 0 Å². The Labute approximate surface area is 122 Å². The van der Waals surface area contributed by atoms with Crippen molar-refractivity contribution in [3.8, 4) is 0 Å². The van der Waals surface area contributed by atoms with Crippen LogP contribution >= 0.6 is 12.2 Å². The van der Waals surface area contributed by atoms with Crippen LogP contribution in [-0.2, 0) is 13.0 Å². The molecular weight excluding hydrogens is 266 g/mol. The van der Waals surface area contributed by atoms with Gasteiger partial charge in [0.15, 0.2) is 10.4 Å². The van der Waals surface area contributed by atoms with Gasteiger partial charge in [-0.3, -0.25) is 0 Å². The largest absolute Gasteiger partial charge is 0.329 e. The van der Waals surface area contributed by atoms with Crippen molar-refractivity contribution in [2.45, 2.75) is 25.8 Å². The summed E-state index contributed by atoms with van der Waals surface area (Å²) in [5, 5.41) is 0. The Morgan fingerprint density at radius 1 is 1.40 bits per heavy atom. The summed E-state index contributed by atoms with van der Waals surface area (Å²) < 4.78 is 2.90. The van der Waals surface area contributed by atoms with Crippen LogP contribution in [0.2, 0.25) is 0 Å². The SMILES string of the molecule is Cc1cnc2c(c1)[nH]c(=S)n2CC1Cc2ccccc21. The van der Waals surface area contributed by atoms with Gasteiger partial charge in [0.1, 0.15) is 0 Å². The van der Waals surface area contributed by atoms with Crippen LogP contribution in [0.15, 0.2) is 36.5 Å². The molecule has 0 amide bonds. The number of aryl methyl sites for hydroxylation is 1. The molecule has 2 heterocycles. The van der Waals surface area contributed by atoms with Crippen molar-refractivity contribution in [3.63, 3.8) is 0 Å². The molecule has 0 aliphatic heterocycles. The minimum Gasteiger partial charge on any atom is -0.329 e. The standard InChI is InChI=1S/C16H15N3S/c1-10-6-14-15(17-8-10)19(16(20)18-14)9-12-7-11-4-2-3-5-13(11)12/h2-6,8,12H,7,9H2,1H3,(H,18,20). The summed E-state index contributed by atoms with van der Waals surface area (Å²) in [5.74, 6) is 0.556. The average Bonchev–Trinajstić information content (AvgIpc) is 2.71. The number of aromatic nitrogens is 3. The van der Waals surface area contributed by atoms with E-state index in [9.17, 15) is 0 Å². The number of rotatable bonds is 2. The van der Waals surface area contributed by atoms with E-state index in [1.165, 1.54) is 11.1 Å². The summed E-state index contributed by atoms with van der Waals surface area (Å²) in [6.07, 6.45) is 3.03. The zero-order valence-electron chi connectivity index (χ0n) is 11.3. The molecule has 2 aromatic heterocycles. The lowest BCUT2D eigenvalue weighted by atomic mass is 9.77. The van der Waals surface area contributed by atoms with Crippen molar-refractivity contribution in [1.82, 2.24) is 14.5 Å². The molecule has 0 fully saturated rings. The van der Waals surface area contributed by atoms with E-state index in [2.05, 4.69) is 44.9 Å². The Balaban J connectivity index is 1.74. The fourth-order valence-corrected chi connectivity index (χ4v) is 3.33. The molecule has 0 saturated carbocycles. The number of benzene rings is 1. The van der Waals surface area contributed by atoms with Gasteiger partial charge >= 0.3 is 0 Å². The van der Waals surface area contributed by atoms with E-state index >= 15 is 0 Å². The molecule has 4 rings (SSSR count). The van der Waals surface area contributed by atoms with E-state index in [0.29, 0.717) is 5.92 Å². The summed E-state index contributed by atoms with van der Waals surface area (Å²) in [6.45, 7) is 2.95. The first-order valence-corrected chi connectivity index (χ1v) is 7.26. The number of hydrogen-bond donors (Lipinski definition) is 1. The number of nitrogens with zero attached hydrogens (tertiary/aromatic N) is 2. The smallest absolute Gasteiger partial charge is 0.179 e. The van der Waals surface area contributed by atoms with Crippen molar-refractivity contribution in [2.75, 3.05) is 0 Å². The van der Waals surface area contributed by atoms with Crippen LogP contribution < -0.4 is 0 Å². The first-order chi connectivity index (χ1) is 9.72. The van der Waals surface area contributed by atoms with Crippen molar-refractivity contribution in [2.24, 2.45) is 0 Å². The fraction of sp³-hybridized carbons (Fsp3) is 0.250. The zero-order chi connectivity index (χ0) is 13.7. The number of pyridine rings is 1. The normalized spacial score (nSPS) is 16.9. The minimum atomic E-state index is 0.556. The van der Waals surface area contributed by atoms with Crippen LogP contribution in [0, 0.1) is 11.7 Å². The molecule has 0 saturated heterocycles. The van der Waals surface area contributed by atoms with E-state index in [4.69, 9.17) is 12.2 Å². The average molecular weight is 281 g/mol. The van der Waals surface area contributed by atoms with Gasteiger partial charge < -0.3 is 9.55 Å². The van der Waals surface area contributed by atoms with Crippen LogP contribution in [0.1, 0.15) is 22.6 Å². The van der Waals surface area contributed by atoms with Gasteiger partial charge in [0, 0.05) is 18.7 Å². The highest BCUT2D eigenvalue weighted by molar-refractivity contribution is 7.71. The Morgan fingerprint density at radius 3 is 3.10 bits per heavy atom. The van der Waals surface area contributed by atoms with Crippen molar-refractivity contribution in [1.29, 1.82) is 0 Å². The summed E-state index contributed by atoms with van der Waals surface area (Å²) in [4.78, 5) is 7.79. The van der Waals surface area contributed by atoms with Crippen molar-refractivity contribution >= 4 is 23.4 Å². The van der Waals surface area contributed by atoms with E-state index < -0.39 is 0 Å². The molecular formula is C16H15N3S. The molecule has 1 aliphatic carbocycles. The summed E-state index contributed by atoms with van der Waals surface area (Å²) in [5.41, 5.74) is 6.06. The second-order valence-electron chi connectivity index (χ2n) is 5.52. The molecule has 1 unspecified atom stereocenters. The number of nitrogens with one attached hydrogen (secondary N) is 1. The van der Waals surface area contributed by atoms with Gasteiger partial charge in [0.25, 0.3) is 0 Å². The molecule has 0 spiro atoms. The van der Waals surface area contributed by atoms with E-state index in [-0.39, 0.29) is 0 Å². The fourth-order valence-electron chi connectivity index (χ4n) is 3.06. The molecule has 4 heteroatoms. The lowest BCUT2D eigenvalue weighted by Gasteiger charge is -2.30. The topological polar surface area (TPSA) is 33.6 Å². The Morgan fingerprint density at radius 2 is 2.25 bits per heavy atom. The van der Waals surface area contributed by atoms with Crippen molar-refractivity contribution in [3.05, 3.63) is 58.0 Å². The lowest BCUT2D eigenvalue weighted by Crippen LogP contribution is -2.22. The molecule has 100 valence electrons. The highest BCUT2D eigenvalue weighted by atomic mass is 32.1. The maximum absolute atomic E-state index is 5.45. The number of H-pyrrole nitrogens is 1. The van der Waals surface area contributed by atoms with Gasteiger partial charge in [-0.2, -0.15) is 0 Å². The maximum atomic E-state index is 5.45. The zero-order valence-corrected chi connectivity index (χ0v) is 12.1. The highest BCUT2D eigenvalue weighted by Gasteiger charge is 2.26.